The summed E-state index contributed by atoms with van der Waals surface area (Å²) in [6.07, 6.45) is 0.798. The first-order chi connectivity index (χ1) is 13.9. The monoisotopic (exact) mass is 434 g/mol. The third kappa shape index (κ3) is 3.85. The lowest BCUT2D eigenvalue weighted by molar-refractivity contribution is -0.169. The van der Waals surface area contributed by atoms with E-state index in [1.165, 1.54) is 6.07 Å². The van der Waals surface area contributed by atoms with E-state index >= 15 is 0 Å². The van der Waals surface area contributed by atoms with Gasteiger partial charge in [-0.15, -0.1) is 0 Å². The summed E-state index contributed by atoms with van der Waals surface area (Å²) >= 11 is 11.9. The quantitative estimate of drug-likeness (QED) is 0.781. The number of rotatable bonds is 5. The molecule has 0 bridgehead atoms. The average Bonchev–Trinajstić information content (AvgIpc) is 3.29. The summed E-state index contributed by atoms with van der Waals surface area (Å²) in [5.41, 5.74) is 3.13. The van der Waals surface area contributed by atoms with Crippen LogP contribution in [0.25, 0.3) is 0 Å². The van der Waals surface area contributed by atoms with E-state index in [0.717, 1.165) is 16.8 Å². The predicted molar refractivity (Wildman–Crippen MR) is 111 cm³/mol. The predicted octanol–water partition coefficient (Wildman–Crippen LogP) is 3.53. The number of nitrogens with zero attached hydrogens (tertiary/aromatic N) is 1. The van der Waals surface area contributed by atoms with Crippen molar-refractivity contribution in [2.75, 3.05) is 31.7 Å². The van der Waals surface area contributed by atoms with Gasteiger partial charge in [-0.1, -0.05) is 29.3 Å². The van der Waals surface area contributed by atoms with Gasteiger partial charge in [-0.25, -0.2) is 0 Å². The van der Waals surface area contributed by atoms with E-state index in [2.05, 4.69) is 5.32 Å². The first-order valence-corrected chi connectivity index (χ1v) is 10.1. The van der Waals surface area contributed by atoms with Gasteiger partial charge in [0, 0.05) is 36.8 Å². The van der Waals surface area contributed by atoms with Crippen molar-refractivity contribution in [1.29, 1.82) is 0 Å². The highest BCUT2D eigenvalue weighted by molar-refractivity contribution is 6.42. The number of halogens is 2. The summed E-state index contributed by atoms with van der Waals surface area (Å²) in [6, 6.07) is 10.5. The molecule has 152 valence electrons. The second-order valence-corrected chi connectivity index (χ2v) is 7.87. The van der Waals surface area contributed by atoms with Gasteiger partial charge in [-0.05, 0) is 35.9 Å². The number of nitrogens with one attached hydrogen (secondary N) is 1. The number of hydrogen-bond donors (Lipinski definition) is 1. The second-order valence-electron chi connectivity index (χ2n) is 7.06. The van der Waals surface area contributed by atoms with Crippen molar-refractivity contribution in [2.24, 2.45) is 0 Å². The molecule has 2 aliphatic heterocycles. The molecule has 2 amide bonds. The van der Waals surface area contributed by atoms with Gasteiger partial charge in [0.25, 0.3) is 5.91 Å². The Morgan fingerprint density at radius 1 is 1.14 bits per heavy atom. The maximum atomic E-state index is 12.4. The molecule has 0 aliphatic carbocycles. The van der Waals surface area contributed by atoms with Crippen molar-refractivity contribution in [3.63, 3.8) is 0 Å². The number of benzene rings is 2. The lowest BCUT2D eigenvalue weighted by atomic mass is 9.98. The Labute approximate surface area is 178 Å². The van der Waals surface area contributed by atoms with Crippen LogP contribution in [0, 0.1) is 0 Å². The number of fused-ring (bicyclic) bond motifs is 1. The van der Waals surface area contributed by atoms with Crippen LogP contribution in [-0.2, 0) is 26.5 Å². The number of carbonyl (C=O) groups excluding carboxylic acids is 2. The fourth-order valence-electron chi connectivity index (χ4n) is 3.70. The van der Waals surface area contributed by atoms with Crippen molar-refractivity contribution in [3.05, 3.63) is 63.1 Å². The number of amides is 2. The topological polar surface area (TPSA) is 67.9 Å². The number of anilines is 1. The molecule has 6 nitrogen and oxygen atoms in total. The molecule has 0 saturated carbocycles. The Kier molecular flexibility index (Phi) is 5.53. The van der Waals surface area contributed by atoms with Gasteiger partial charge < -0.3 is 19.7 Å². The van der Waals surface area contributed by atoms with Gasteiger partial charge in [0.1, 0.15) is 0 Å². The molecule has 2 aliphatic rings. The van der Waals surface area contributed by atoms with Gasteiger partial charge in [-0.2, -0.15) is 0 Å². The minimum atomic E-state index is -0.940. The van der Waals surface area contributed by atoms with Crippen LogP contribution in [0.4, 0.5) is 5.69 Å². The molecule has 2 aromatic carbocycles. The lowest BCUT2D eigenvalue weighted by Crippen LogP contribution is -2.34. The molecule has 8 heteroatoms. The number of carbonyl (C=O) groups is 2. The van der Waals surface area contributed by atoms with Crippen LogP contribution in [0.1, 0.15) is 27.9 Å². The standard InChI is InChI=1S/C21H20Cl2N2O4/c1-25-18-5-3-15(10-14(18)12-19(25)26)21(28-8-9-29-21)6-7-24-20(27)13-2-4-16(22)17(23)11-13/h2-5,10-11H,6-9,12H2,1H3,(H,24,27). The Morgan fingerprint density at radius 3 is 2.62 bits per heavy atom. The Bertz CT molecular complexity index is 973. The maximum Gasteiger partial charge on any atom is 0.251 e. The van der Waals surface area contributed by atoms with Crippen LogP contribution >= 0.6 is 23.2 Å². The van der Waals surface area contributed by atoms with Crippen molar-refractivity contribution in [1.82, 2.24) is 5.32 Å². The minimum Gasteiger partial charge on any atom is -0.352 e. The first-order valence-electron chi connectivity index (χ1n) is 9.31. The smallest absolute Gasteiger partial charge is 0.251 e. The molecule has 2 heterocycles. The summed E-state index contributed by atoms with van der Waals surface area (Å²) in [5, 5.41) is 3.60. The molecule has 0 unspecified atom stereocenters. The second kappa shape index (κ2) is 7.95. The Morgan fingerprint density at radius 2 is 1.90 bits per heavy atom. The zero-order chi connectivity index (χ0) is 20.6. The number of ether oxygens (including phenoxy) is 2. The number of hydrogen-bond acceptors (Lipinski definition) is 4. The van der Waals surface area contributed by atoms with Crippen LogP contribution in [0.5, 0.6) is 0 Å². The van der Waals surface area contributed by atoms with E-state index in [9.17, 15) is 9.59 Å². The molecular weight excluding hydrogens is 415 g/mol. The Hall–Kier alpha value is -2.12. The van der Waals surface area contributed by atoms with Crippen LogP contribution in [-0.4, -0.2) is 38.6 Å². The molecule has 4 rings (SSSR count). The Balaban J connectivity index is 1.47. The largest absolute Gasteiger partial charge is 0.352 e. The minimum absolute atomic E-state index is 0.0633. The van der Waals surface area contributed by atoms with E-state index in [4.69, 9.17) is 32.7 Å². The normalized spacial score (nSPS) is 17.5. The van der Waals surface area contributed by atoms with Gasteiger partial charge in [-0.3, -0.25) is 9.59 Å². The van der Waals surface area contributed by atoms with E-state index in [-0.39, 0.29) is 11.8 Å². The summed E-state index contributed by atoms with van der Waals surface area (Å²) in [5.74, 6) is -1.13. The highest BCUT2D eigenvalue weighted by atomic mass is 35.5. The molecule has 0 radical (unpaired) electrons. The van der Waals surface area contributed by atoms with Crippen LogP contribution in [0.3, 0.4) is 0 Å². The highest BCUT2D eigenvalue weighted by Crippen LogP contribution is 2.38. The summed E-state index contributed by atoms with van der Waals surface area (Å²) in [4.78, 5) is 26.0. The molecular formula is C21H20Cl2N2O4. The summed E-state index contributed by atoms with van der Waals surface area (Å²) in [7, 11) is 1.77. The highest BCUT2D eigenvalue weighted by Gasteiger charge is 2.39. The first kappa shape index (κ1) is 20.2. The molecule has 0 atom stereocenters. The zero-order valence-corrected chi connectivity index (χ0v) is 17.3. The molecule has 0 spiro atoms. The van der Waals surface area contributed by atoms with E-state index in [1.807, 2.05) is 18.2 Å². The van der Waals surface area contributed by atoms with Gasteiger partial charge in [0.05, 0.1) is 29.7 Å². The number of likely N-dealkylation sites (N-methyl/N-ethyl adjacent to an activating group) is 1. The third-order valence-electron chi connectivity index (χ3n) is 5.27. The van der Waals surface area contributed by atoms with Crippen molar-refractivity contribution in [3.8, 4) is 0 Å². The van der Waals surface area contributed by atoms with Gasteiger partial charge in [0.2, 0.25) is 5.91 Å². The van der Waals surface area contributed by atoms with Crippen LogP contribution in [0.15, 0.2) is 36.4 Å². The third-order valence-corrected chi connectivity index (χ3v) is 6.01. The summed E-state index contributed by atoms with van der Waals surface area (Å²) < 4.78 is 11.9. The average molecular weight is 435 g/mol. The van der Waals surface area contributed by atoms with Gasteiger partial charge in [0.15, 0.2) is 5.79 Å². The molecule has 1 saturated heterocycles. The maximum absolute atomic E-state index is 12.4. The van der Waals surface area contributed by atoms with Crippen molar-refractivity contribution >= 4 is 40.7 Å². The van der Waals surface area contributed by atoms with E-state index in [1.54, 1.807) is 24.1 Å². The zero-order valence-electron chi connectivity index (χ0n) is 15.8. The van der Waals surface area contributed by atoms with E-state index in [0.29, 0.717) is 48.2 Å². The van der Waals surface area contributed by atoms with Gasteiger partial charge >= 0.3 is 0 Å². The molecule has 1 N–H and O–H groups in total. The van der Waals surface area contributed by atoms with Crippen LogP contribution in [0.2, 0.25) is 10.0 Å². The van der Waals surface area contributed by atoms with Crippen molar-refractivity contribution in [2.45, 2.75) is 18.6 Å². The molecule has 2 aromatic rings. The molecule has 0 aromatic heterocycles. The fourth-order valence-corrected chi connectivity index (χ4v) is 4.00. The van der Waals surface area contributed by atoms with E-state index < -0.39 is 5.79 Å². The fraction of sp³-hybridized carbons (Fsp3) is 0.333. The molecule has 29 heavy (non-hydrogen) atoms. The van der Waals surface area contributed by atoms with Crippen molar-refractivity contribution < 1.29 is 19.1 Å². The summed E-state index contributed by atoms with van der Waals surface area (Å²) in [6.45, 7) is 1.28. The SMILES string of the molecule is CN1C(=O)Cc2cc(C3(CCNC(=O)c4ccc(Cl)c(Cl)c4)OCCO3)ccc21. The lowest BCUT2D eigenvalue weighted by Gasteiger charge is -2.28. The molecule has 1 fully saturated rings. The van der Waals surface area contributed by atoms with Crippen LogP contribution < -0.4 is 10.2 Å².